The van der Waals surface area contributed by atoms with Crippen LogP contribution in [0.1, 0.15) is 17.3 Å². The molecule has 1 rings (SSSR count). The van der Waals surface area contributed by atoms with Gasteiger partial charge < -0.3 is 21.1 Å². The molecule has 18 heavy (non-hydrogen) atoms. The number of benzene rings is 1. The second-order valence-corrected chi connectivity index (χ2v) is 3.77. The van der Waals surface area contributed by atoms with E-state index in [1.54, 1.807) is 19.1 Å². The highest BCUT2D eigenvalue weighted by Crippen LogP contribution is 2.21. The van der Waals surface area contributed by atoms with Gasteiger partial charge in [0.2, 0.25) is 5.91 Å². The highest BCUT2D eigenvalue weighted by molar-refractivity contribution is 5.98. The molecule has 0 spiro atoms. The molecule has 98 valence electrons. The molecule has 0 saturated heterocycles. The largest absolute Gasteiger partial charge is 0.495 e. The molecule has 1 atom stereocenters. The molecule has 0 aliphatic rings. The van der Waals surface area contributed by atoms with E-state index in [9.17, 15) is 9.59 Å². The number of anilines is 1. The van der Waals surface area contributed by atoms with Gasteiger partial charge in [0.25, 0.3) is 5.91 Å². The van der Waals surface area contributed by atoms with Gasteiger partial charge in [0.05, 0.1) is 12.8 Å². The minimum absolute atomic E-state index is 0.259. The van der Waals surface area contributed by atoms with Crippen molar-refractivity contribution in [2.45, 2.75) is 13.0 Å². The van der Waals surface area contributed by atoms with Gasteiger partial charge >= 0.3 is 0 Å². The summed E-state index contributed by atoms with van der Waals surface area (Å²) < 4.78 is 5.00. The zero-order chi connectivity index (χ0) is 13.7. The molecule has 6 nitrogen and oxygen atoms in total. The van der Waals surface area contributed by atoms with E-state index in [-0.39, 0.29) is 11.8 Å². The number of nitrogen functional groups attached to an aromatic ring is 1. The maximum Gasteiger partial charge on any atom is 0.251 e. The molecule has 0 aromatic heterocycles. The SMILES string of the molecule is CNC(=O)C(C)NC(=O)c1ccc(OC)c(N)c1. The van der Waals surface area contributed by atoms with Crippen LogP contribution in [-0.2, 0) is 4.79 Å². The van der Waals surface area contributed by atoms with Gasteiger partial charge in [-0.3, -0.25) is 9.59 Å². The van der Waals surface area contributed by atoms with Gasteiger partial charge in [0.15, 0.2) is 0 Å². The van der Waals surface area contributed by atoms with Crippen LogP contribution in [0.15, 0.2) is 18.2 Å². The van der Waals surface area contributed by atoms with Gasteiger partial charge in [0, 0.05) is 12.6 Å². The van der Waals surface area contributed by atoms with Crippen molar-refractivity contribution in [2.24, 2.45) is 0 Å². The van der Waals surface area contributed by atoms with E-state index >= 15 is 0 Å². The fraction of sp³-hybridized carbons (Fsp3) is 0.333. The Morgan fingerprint density at radius 2 is 2.06 bits per heavy atom. The predicted molar refractivity (Wildman–Crippen MR) is 68.4 cm³/mol. The Morgan fingerprint density at radius 1 is 1.39 bits per heavy atom. The lowest BCUT2D eigenvalue weighted by atomic mass is 10.1. The van der Waals surface area contributed by atoms with Crippen molar-refractivity contribution in [3.63, 3.8) is 0 Å². The topological polar surface area (TPSA) is 93.5 Å². The van der Waals surface area contributed by atoms with Crippen LogP contribution in [-0.4, -0.2) is 32.0 Å². The highest BCUT2D eigenvalue weighted by atomic mass is 16.5. The van der Waals surface area contributed by atoms with Gasteiger partial charge in [-0.05, 0) is 25.1 Å². The van der Waals surface area contributed by atoms with E-state index in [1.165, 1.54) is 20.2 Å². The van der Waals surface area contributed by atoms with Crippen molar-refractivity contribution in [1.82, 2.24) is 10.6 Å². The molecule has 1 aromatic carbocycles. The quantitative estimate of drug-likeness (QED) is 0.664. The molecule has 0 aliphatic heterocycles. The summed E-state index contributed by atoms with van der Waals surface area (Å²) in [5, 5.41) is 5.02. The number of carbonyl (C=O) groups excluding carboxylic acids is 2. The van der Waals surface area contributed by atoms with Crippen LogP contribution >= 0.6 is 0 Å². The van der Waals surface area contributed by atoms with Crippen molar-refractivity contribution in [3.05, 3.63) is 23.8 Å². The summed E-state index contributed by atoms with van der Waals surface area (Å²) in [6.45, 7) is 1.60. The van der Waals surface area contributed by atoms with E-state index in [1.807, 2.05) is 0 Å². The van der Waals surface area contributed by atoms with E-state index in [2.05, 4.69) is 10.6 Å². The van der Waals surface area contributed by atoms with Crippen molar-refractivity contribution < 1.29 is 14.3 Å². The predicted octanol–water partition coefficient (Wildman–Crippen LogP) is 0.142. The Morgan fingerprint density at radius 3 is 2.56 bits per heavy atom. The first kappa shape index (κ1) is 13.8. The number of hydrogen-bond donors (Lipinski definition) is 3. The number of nitrogens with two attached hydrogens (primary N) is 1. The zero-order valence-electron chi connectivity index (χ0n) is 10.6. The van der Waals surface area contributed by atoms with E-state index in [0.717, 1.165) is 0 Å². The Balaban J connectivity index is 2.79. The van der Waals surface area contributed by atoms with Crippen molar-refractivity contribution in [3.8, 4) is 5.75 Å². The summed E-state index contributed by atoms with van der Waals surface area (Å²) in [5.41, 5.74) is 6.45. The number of ether oxygens (including phenoxy) is 1. The first-order chi connectivity index (χ1) is 8.49. The third-order valence-corrected chi connectivity index (χ3v) is 2.48. The van der Waals surface area contributed by atoms with E-state index in [0.29, 0.717) is 17.0 Å². The van der Waals surface area contributed by atoms with Crippen molar-refractivity contribution >= 4 is 17.5 Å². The van der Waals surface area contributed by atoms with Crippen LogP contribution in [0, 0.1) is 0 Å². The number of amides is 2. The fourth-order valence-corrected chi connectivity index (χ4v) is 1.44. The molecule has 1 unspecified atom stereocenters. The molecule has 6 heteroatoms. The number of rotatable bonds is 4. The first-order valence-electron chi connectivity index (χ1n) is 5.45. The van der Waals surface area contributed by atoms with Gasteiger partial charge in [-0.15, -0.1) is 0 Å². The van der Waals surface area contributed by atoms with Gasteiger partial charge in [0.1, 0.15) is 11.8 Å². The Kier molecular flexibility index (Phi) is 4.53. The van der Waals surface area contributed by atoms with Crippen LogP contribution in [0.3, 0.4) is 0 Å². The van der Waals surface area contributed by atoms with Crippen LogP contribution in [0.5, 0.6) is 5.75 Å². The molecule has 0 bridgehead atoms. The average Bonchev–Trinajstić information content (AvgIpc) is 2.37. The fourth-order valence-electron chi connectivity index (χ4n) is 1.44. The minimum Gasteiger partial charge on any atom is -0.495 e. The summed E-state index contributed by atoms with van der Waals surface area (Å²) in [7, 11) is 3.01. The van der Waals surface area contributed by atoms with Crippen LogP contribution < -0.4 is 21.1 Å². The molecule has 0 fully saturated rings. The average molecular weight is 251 g/mol. The molecule has 0 saturated carbocycles. The number of nitrogens with one attached hydrogen (secondary N) is 2. The van der Waals surface area contributed by atoms with Gasteiger partial charge in [-0.1, -0.05) is 0 Å². The summed E-state index contributed by atoms with van der Waals surface area (Å²) in [4.78, 5) is 23.1. The van der Waals surface area contributed by atoms with Gasteiger partial charge in [-0.25, -0.2) is 0 Å². The molecule has 0 radical (unpaired) electrons. The standard InChI is InChI=1S/C12H17N3O3/c1-7(11(16)14-2)15-12(17)8-4-5-10(18-3)9(13)6-8/h4-7H,13H2,1-3H3,(H,14,16)(H,15,17). The second-order valence-electron chi connectivity index (χ2n) is 3.77. The Bertz CT molecular complexity index is 460. The molecule has 2 amide bonds. The minimum atomic E-state index is -0.606. The summed E-state index contributed by atoms with van der Waals surface area (Å²) in [6.07, 6.45) is 0. The van der Waals surface area contributed by atoms with E-state index < -0.39 is 6.04 Å². The van der Waals surface area contributed by atoms with Gasteiger partial charge in [-0.2, -0.15) is 0 Å². The maximum absolute atomic E-state index is 11.8. The van der Waals surface area contributed by atoms with Crippen LogP contribution in [0.4, 0.5) is 5.69 Å². The molecule has 0 heterocycles. The zero-order valence-corrected chi connectivity index (χ0v) is 10.6. The third-order valence-electron chi connectivity index (χ3n) is 2.48. The summed E-state index contributed by atoms with van der Waals surface area (Å²) in [6, 6.07) is 4.09. The lowest BCUT2D eigenvalue weighted by Gasteiger charge is -2.13. The number of hydrogen-bond acceptors (Lipinski definition) is 4. The Labute approximate surface area is 105 Å². The number of carbonyl (C=O) groups is 2. The number of methoxy groups -OCH3 is 1. The monoisotopic (exact) mass is 251 g/mol. The lowest BCUT2D eigenvalue weighted by Crippen LogP contribution is -2.43. The summed E-state index contributed by atoms with van der Waals surface area (Å²) in [5.74, 6) is -0.115. The van der Waals surface area contributed by atoms with Crippen LogP contribution in [0.25, 0.3) is 0 Å². The normalized spacial score (nSPS) is 11.5. The van der Waals surface area contributed by atoms with Crippen molar-refractivity contribution in [2.75, 3.05) is 19.9 Å². The number of likely N-dealkylation sites (N-methyl/N-ethyl adjacent to an activating group) is 1. The molecular weight excluding hydrogens is 234 g/mol. The van der Waals surface area contributed by atoms with Crippen molar-refractivity contribution in [1.29, 1.82) is 0 Å². The molecule has 4 N–H and O–H groups in total. The summed E-state index contributed by atoms with van der Waals surface area (Å²) >= 11 is 0. The lowest BCUT2D eigenvalue weighted by molar-refractivity contribution is -0.122. The Hall–Kier alpha value is -2.24. The first-order valence-corrected chi connectivity index (χ1v) is 5.45. The highest BCUT2D eigenvalue weighted by Gasteiger charge is 2.15. The second kappa shape index (κ2) is 5.90. The van der Waals surface area contributed by atoms with Crippen LogP contribution in [0.2, 0.25) is 0 Å². The molecule has 0 aliphatic carbocycles. The van der Waals surface area contributed by atoms with E-state index in [4.69, 9.17) is 10.5 Å². The molecule has 1 aromatic rings. The molecular formula is C12H17N3O3. The smallest absolute Gasteiger partial charge is 0.251 e. The maximum atomic E-state index is 11.8. The third kappa shape index (κ3) is 3.13.